The molecule has 2 aromatic rings. The first kappa shape index (κ1) is 14.9. The number of anilines is 1. The Bertz CT molecular complexity index is 727. The van der Waals surface area contributed by atoms with Crippen LogP contribution in [0.3, 0.4) is 0 Å². The van der Waals surface area contributed by atoms with Crippen molar-refractivity contribution < 1.29 is 18.3 Å². The Morgan fingerprint density at radius 2 is 2.10 bits per heavy atom. The van der Waals surface area contributed by atoms with Gasteiger partial charge in [0.15, 0.2) is 5.82 Å². The Hall–Kier alpha value is -1.52. The maximum Gasteiger partial charge on any atom is 0.308 e. The highest BCUT2D eigenvalue weighted by Crippen LogP contribution is 2.24. The first-order chi connectivity index (χ1) is 9.37. The summed E-state index contributed by atoms with van der Waals surface area (Å²) in [5.41, 5.74) is 0. The zero-order chi connectivity index (χ0) is 14.8. The molecule has 2 N–H and O–H groups in total. The van der Waals surface area contributed by atoms with Crippen molar-refractivity contribution in [1.29, 1.82) is 0 Å². The monoisotopic (exact) mass is 377 g/mol. The number of carboxylic acid groups (broad SMARTS) is 1. The molecule has 0 fully saturated rings. The van der Waals surface area contributed by atoms with Crippen LogP contribution in [0.15, 0.2) is 33.3 Å². The molecule has 2 aromatic heterocycles. The molecule has 20 heavy (non-hydrogen) atoms. The summed E-state index contributed by atoms with van der Waals surface area (Å²) in [5.74, 6) is -0.927. The van der Waals surface area contributed by atoms with Gasteiger partial charge in [-0.25, -0.2) is 18.4 Å². The van der Waals surface area contributed by atoms with Crippen molar-refractivity contribution in [2.45, 2.75) is 10.6 Å². The maximum absolute atomic E-state index is 12.1. The lowest BCUT2D eigenvalue weighted by Crippen LogP contribution is -2.12. The summed E-state index contributed by atoms with van der Waals surface area (Å²) in [6.45, 7) is 0. The lowest BCUT2D eigenvalue weighted by molar-refractivity contribution is -0.136. The molecule has 10 heteroatoms. The number of carboxylic acids is 1. The minimum absolute atomic E-state index is 0.0264. The van der Waals surface area contributed by atoms with Gasteiger partial charge in [0, 0.05) is 4.88 Å². The van der Waals surface area contributed by atoms with Gasteiger partial charge in [0.2, 0.25) is 0 Å². The van der Waals surface area contributed by atoms with Crippen LogP contribution in [0.1, 0.15) is 4.88 Å². The van der Waals surface area contributed by atoms with Gasteiger partial charge in [-0.05, 0) is 28.1 Å². The fourth-order valence-electron chi connectivity index (χ4n) is 1.30. The van der Waals surface area contributed by atoms with Crippen molar-refractivity contribution in [3.8, 4) is 0 Å². The Balaban J connectivity index is 2.19. The van der Waals surface area contributed by atoms with Crippen LogP contribution >= 0.6 is 27.3 Å². The van der Waals surface area contributed by atoms with Crippen LogP contribution in [0.2, 0.25) is 0 Å². The summed E-state index contributed by atoms with van der Waals surface area (Å²) in [7, 11) is -3.78. The lowest BCUT2D eigenvalue weighted by atomic mass is 10.3. The fourth-order valence-corrected chi connectivity index (χ4v) is 3.84. The van der Waals surface area contributed by atoms with Crippen LogP contribution < -0.4 is 4.72 Å². The number of sulfonamides is 1. The third kappa shape index (κ3) is 3.74. The summed E-state index contributed by atoms with van der Waals surface area (Å²) >= 11 is 3.99. The van der Waals surface area contributed by atoms with E-state index in [2.05, 4.69) is 30.6 Å². The molecule has 2 rings (SSSR count). The first-order valence-corrected chi connectivity index (χ1v) is 8.27. The van der Waals surface area contributed by atoms with Crippen LogP contribution in [0.4, 0.5) is 5.82 Å². The summed E-state index contributed by atoms with van der Waals surface area (Å²) in [6.07, 6.45) is 2.42. The molecule has 0 bridgehead atoms. The molecule has 0 atom stereocenters. The van der Waals surface area contributed by atoms with Gasteiger partial charge >= 0.3 is 5.97 Å². The van der Waals surface area contributed by atoms with E-state index in [9.17, 15) is 13.2 Å². The fraction of sp³-hybridized carbons (Fsp3) is 0.100. The number of halogens is 1. The third-order valence-corrected chi connectivity index (χ3v) is 5.43. The number of nitrogens with one attached hydrogen (secondary N) is 1. The van der Waals surface area contributed by atoms with Gasteiger partial charge in [-0.1, -0.05) is 0 Å². The van der Waals surface area contributed by atoms with Crippen LogP contribution in [0.5, 0.6) is 0 Å². The van der Waals surface area contributed by atoms with Gasteiger partial charge < -0.3 is 5.11 Å². The minimum atomic E-state index is -3.78. The number of nitrogens with zero attached hydrogens (tertiary/aromatic N) is 2. The van der Waals surface area contributed by atoms with E-state index in [1.54, 1.807) is 0 Å². The standard InChI is InChI=1S/C10H8BrN3O4S2/c11-7-4-13-8(5-12-7)14-20(17,18)10-2-1-6(19-10)3-9(15)16/h1-2,4-5H,3H2,(H,13,14)(H,15,16). The van der Waals surface area contributed by atoms with Crippen molar-refractivity contribution in [1.82, 2.24) is 9.97 Å². The predicted molar refractivity (Wildman–Crippen MR) is 76.2 cm³/mol. The quantitative estimate of drug-likeness (QED) is 0.820. The number of thiophene rings is 1. The molecule has 0 unspecified atom stereocenters. The van der Waals surface area contributed by atoms with Gasteiger partial charge in [-0.3, -0.25) is 9.52 Å². The molecule has 0 spiro atoms. The van der Waals surface area contributed by atoms with Crippen LogP contribution in [-0.2, 0) is 21.2 Å². The Morgan fingerprint density at radius 1 is 1.35 bits per heavy atom. The van der Waals surface area contributed by atoms with Crippen molar-refractivity contribution in [3.05, 3.63) is 34.0 Å². The van der Waals surface area contributed by atoms with E-state index >= 15 is 0 Å². The first-order valence-electron chi connectivity index (χ1n) is 5.18. The zero-order valence-corrected chi connectivity index (χ0v) is 13.0. The largest absolute Gasteiger partial charge is 0.481 e. The normalized spacial score (nSPS) is 11.2. The molecule has 0 amide bonds. The third-order valence-electron chi connectivity index (χ3n) is 2.09. The number of aliphatic carboxylic acids is 1. The highest BCUT2D eigenvalue weighted by molar-refractivity contribution is 9.10. The molecule has 0 saturated carbocycles. The number of rotatable bonds is 5. The van der Waals surface area contributed by atoms with Crippen LogP contribution in [0, 0.1) is 0 Å². The van der Waals surface area contributed by atoms with E-state index in [1.807, 2.05) is 0 Å². The van der Waals surface area contributed by atoms with E-state index in [0.717, 1.165) is 11.3 Å². The Labute approximate surface area is 126 Å². The van der Waals surface area contributed by atoms with E-state index in [4.69, 9.17) is 5.11 Å². The van der Waals surface area contributed by atoms with Gasteiger partial charge in [-0.15, -0.1) is 11.3 Å². The molecule has 2 heterocycles. The molecule has 106 valence electrons. The average Bonchev–Trinajstić information content (AvgIpc) is 2.80. The Kier molecular flexibility index (Phi) is 4.35. The van der Waals surface area contributed by atoms with Gasteiger partial charge in [0.25, 0.3) is 10.0 Å². The molecular formula is C10H8BrN3O4S2. The van der Waals surface area contributed by atoms with E-state index in [-0.39, 0.29) is 16.4 Å². The second kappa shape index (κ2) is 5.85. The minimum Gasteiger partial charge on any atom is -0.481 e. The number of carbonyl (C=O) groups is 1. The number of aromatic nitrogens is 2. The van der Waals surface area contributed by atoms with E-state index in [0.29, 0.717) is 9.48 Å². The summed E-state index contributed by atoms with van der Waals surface area (Å²) < 4.78 is 26.9. The highest BCUT2D eigenvalue weighted by Gasteiger charge is 2.18. The SMILES string of the molecule is O=C(O)Cc1ccc(S(=O)(=O)Nc2cnc(Br)cn2)s1. The van der Waals surface area contributed by atoms with Crippen molar-refractivity contribution >= 4 is 49.1 Å². The lowest BCUT2D eigenvalue weighted by Gasteiger charge is -2.04. The van der Waals surface area contributed by atoms with Gasteiger partial charge in [-0.2, -0.15) is 0 Å². The molecule has 0 aromatic carbocycles. The highest BCUT2D eigenvalue weighted by atomic mass is 79.9. The van der Waals surface area contributed by atoms with Crippen molar-refractivity contribution in [2.24, 2.45) is 0 Å². The van der Waals surface area contributed by atoms with Crippen molar-refractivity contribution in [3.63, 3.8) is 0 Å². The van der Waals surface area contributed by atoms with Crippen LogP contribution in [0.25, 0.3) is 0 Å². The molecule has 7 nitrogen and oxygen atoms in total. The molecule has 0 aliphatic heterocycles. The number of hydrogen-bond donors (Lipinski definition) is 2. The van der Waals surface area contributed by atoms with Crippen LogP contribution in [-0.4, -0.2) is 29.5 Å². The second-order valence-corrected chi connectivity index (χ2v) is 7.51. The maximum atomic E-state index is 12.1. The smallest absolute Gasteiger partial charge is 0.308 e. The van der Waals surface area contributed by atoms with Gasteiger partial charge in [0.1, 0.15) is 8.81 Å². The molecular weight excluding hydrogens is 370 g/mol. The summed E-state index contributed by atoms with van der Waals surface area (Å²) in [6, 6.07) is 2.83. The molecule has 0 aliphatic rings. The topological polar surface area (TPSA) is 109 Å². The molecule has 0 saturated heterocycles. The zero-order valence-electron chi connectivity index (χ0n) is 9.78. The molecule has 0 radical (unpaired) electrons. The van der Waals surface area contributed by atoms with Gasteiger partial charge in [0.05, 0.1) is 18.8 Å². The average molecular weight is 378 g/mol. The second-order valence-electron chi connectivity index (χ2n) is 3.62. The summed E-state index contributed by atoms with van der Waals surface area (Å²) in [5, 5.41) is 8.66. The summed E-state index contributed by atoms with van der Waals surface area (Å²) in [4.78, 5) is 18.7. The Morgan fingerprint density at radius 3 is 2.70 bits per heavy atom. The molecule has 0 aliphatic carbocycles. The number of hydrogen-bond acceptors (Lipinski definition) is 6. The van der Waals surface area contributed by atoms with Crippen molar-refractivity contribution in [2.75, 3.05) is 4.72 Å². The predicted octanol–water partition coefficient (Wildman–Crippen LogP) is 1.73. The van der Waals surface area contributed by atoms with E-state index < -0.39 is 16.0 Å². The van der Waals surface area contributed by atoms with E-state index in [1.165, 1.54) is 24.5 Å².